The molecule has 0 aliphatic heterocycles. The SMILES string of the molecule is COc1ccn2c(C(=O)NC3(C(=O)O)CC(O)C3(C)C)cnc2c1. The topological polar surface area (TPSA) is 113 Å². The Morgan fingerprint density at radius 1 is 1.46 bits per heavy atom. The zero-order chi connectivity index (χ0) is 17.7. The first-order chi connectivity index (χ1) is 11.2. The highest BCUT2D eigenvalue weighted by Crippen LogP contribution is 2.49. The highest BCUT2D eigenvalue weighted by Gasteiger charge is 2.65. The molecule has 1 aliphatic carbocycles. The van der Waals surface area contributed by atoms with Crippen LogP contribution in [0.2, 0.25) is 0 Å². The van der Waals surface area contributed by atoms with Crippen LogP contribution in [0.25, 0.3) is 5.65 Å². The third kappa shape index (κ3) is 2.06. The van der Waals surface area contributed by atoms with E-state index in [1.807, 2.05) is 0 Å². The second-order valence-electron chi connectivity index (χ2n) is 6.54. The quantitative estimate of drug-likeness (QED) is 0.758. The van der Waals surface area contributed by atoms with Crippen molar-refractivity contribution in [3.8, 4) is 5.75 Å². The number of hydrogen-bond donors (Lipinski definition) is 3. The van der Waals surface area contributed by atoms with Crippen LogP contribution in [0.5, 0.6) is 5.75 Å². The molecule has 1 saturated carbocycles. The number of carboxylic acids is 1. The van der Waals surface area contributed by atoms with Crippen LogP contribution in [0.4, 0.5) is 0 Å². The van der Waals surface area contributed by atoms with Gasteiger partial charge in [-0.3, -0.25) is 9.20 Å². The standard InChI is InChI=1S/C16H19N3O5/c1-15(2)11(20)7-16(15,14(22)23)18-13(21)10-8-17-12-6-9(24-3)4-5-19(10)12/h4-6,8,11,20H,7H2,1-3H3,(H,18,21)(H,22,23). The van der Waals surface area contributed by atoms with Gasteiger partial charge in [0.05, 0.1) is 19.4 Å². The molecule has 3 rings (SSSR count). The Kier molecular flexibility index (Phi) is 3.52. The number of hydrogen-bond acceptors (Lipinski definition) is 5. The van der Waals surface area contributed by atoms with Gasteiger partial charge in [-0.2, -0.15) is 0 Å². The lowest BCUT2D eigenvalue weighted by atomic mass is 9.54. The number of imidazole rings is 1. The van der Waals surface area contributed by atoms with Gasteiger partial charge in [0.1, 0.15) is 22.6 Å². The van der Waals surface area contributed by atoms with E-state index in [-0.39, 0.29) is 12.1 Å². The molecule has 2 unspecified atom stereocenters. The number of rotatable bonds is 4. The first-order valence-corrected chi connectivity index (χ1v) is 7.48. The van der Waals surface area contributed by atoms with Gasteiger partial charge in [-0.15, -0.1) is 0 Å². The van der Waals surface area contributed by atoms with E-state index in [0.29, 0.717) is 11.4 Å². The van der Waals surface area contributed by atoms with E-state index in [1.165, 1.54) is 13.3 Å². The van der Waals surface area contributed by atoms with E-state index in [0.717, 1.165) is 0 Å². The number of aliphatic carboxylic acids is 1. The molecule has 2 heterocycles. The molecule has 1 amide bonds. The van der Waals surface area contributed by atoms with E-state index in [4.69, 9.17) is 4.74 Å². The number of aromatic nitrogens is 2. The molecule has 8 heteroatoms. The normalized spacial score (nSPS) is 25.1. The summed E-state index contributed by atoms with van der Waals surface area (Å²) in [4.78, 5) is 28.5. The molecular formula is C16H19N3O5. The van der Waals surface area contributed by atoms with Crippen molar-refractivity contribution in [2.75, 3.05) is 7.11 Å². The first-order valence-electron chi connectivity index (χ1n) is 7.48. The molecular weight excluding hydrogens is 314 g/mol. The van der Waals surface area contributed by atoms with Gasteiger partial charge in [-0.25, -0.2) is 9.78 Å². The fraction of sp³-hybridized carbons (Fsp3) is 0.438. The molecule has 0 radical (unpaired) electrons. The van der Waals surface area contributed by atoms with Gasteiger partial charge in [0.2, 0.25) is 0 Å². The molecule has 128 valence electrons. The number of carbonyl (C=O) groups is 2. The molecule has 3 N–H and O–H groups in total. The number of pyridine rings is 1. The van der Waals surface area contributed by atoms with Crippen molar-refractivity contribution in [1.82, 2.24) is 14.7 Å². The minimum absolute atomic E-state index is 0.0361. The molecule has 2 aromatic heterocycles. The van der Waals surface area contributed by atoms with Crippen molar-refractivity contribution in [3.05, 3.63) is 30.2 Å². The van der Waals surface area contributed by atoms with Gasteiger partial charge in [-0.1, -0.05) is 13.8 Å². The molecule has 0 spiro atoms. The Bertz CT molecular complexity index is 828. The third-order valence-corrected chi connectivity index (χ3v) is 5.08. The number of carbonyl (C=O) groups excluding carboxylic acids is 1. The minimum atomic E-state index is -1.51. The Labute approximate surface area is 138 Å². The number of amides is 1. The lowest BCUT2D eigenvalue weighted by Crippen LogP contribution is -2.75. The monoisotopic (exact) mass is 333 g/mol. The Balaban J connectivity index is 1.94. The predicted molar refractivity (Wildman–Crippen MR) is 84.0 cm³/mol. The van der Waals surface area contributed by atoms with Crippen molar-refractivity contribution in [2.24, 2.45) is 5.41 Å². The summed E-state index contributed by atoms with van der Waals surface area (Å²) < 4.78 is 6.66. The fourth-order valence-electron chi connectivity index (χ4n) is 3.10. The summed E-state index contributed by atoms with van der Waals surface area (Å²) in [5.41, 5.74) is -1.76. The van der Waals surface area contributed by atoms with Gasteiger partial charge >= 0.3 is 5.97 Å². The lowest BCUT2D eigenvalue weighted by molar-refractivity contribution is -0.180. The van der Waals surface area contributed by atoms with Crippen molar-refractivity contribution in [2.45, 2.75) is 31.9 Å². The Morgan fingerprint density at radius 3 is 2.71 bits per heavy atom. The number of fused-ring (bicyclic) bond motifs is 1. The van der Waals surface area contributed by atoms with E-state index in [2.05, 4.69) is 10.3 Å². The van der Waals surface area contributed by atoms with Crippen LogP contribution >= 0.6 is 0 Å². The van der Waals surface area contributed by atoms with E-state index in [1.54, 1.807) is 36.6 Å². The Morgan fingerprint density at radius 2 is 2.17 bits per heavy atom. The smallest absolute Gasteiger partial charge is 0.330 e. The number of carboxylic acid groups (broad SMARTS) is 1. The number of ether oxygens (including phenoxy) is 1. The van der Waals surface area contributed by atoms with Crippen LogP contribution < -0.4 is 10.1 Å². The second-order valence-corrected chi connectivity index (χ2v) is 6.54. The minimum Gasteiger partial charge on any atom is -0.497 e. The largest absolute Gasteiger partial charge is 0.497 e. The van der Waals surface area contributed by atoms with E-state index in [9.17, 15) is 19.8 Å². The van der Waals surface area contributed by atoms with Crippen LogP contribution in [0.15, 0.2) is 24.5 Å². The summed E-state index contributed by atoms with van der Waals surface area (Å²) in [7, 11) is 1.53. The van der Waals surface area contributed by atoms with E-state index < -0.39 is 28.9 Å². The average Bonchev–Trinajstić information content (AvgIpc) is 2.96. The van der Waals surface area contributed by atoms with Crippen LogP contribution in [0, 0.1) is 5.41 Å². The van der Waals surface area contributed by atoms with Gasteiger partial charge in [-0.05, 0) is 6.07 Å². The lowest BCUT2D eigenvalue weighted by Gasteiger charge is -2.56. The molecule has 2 atom stereocenters. The van der Waals surface area contributed by atoms with Crippen LogP contribution in [0.3, 0.4) is 0 Å². The zero-order valence-electron chi connectivity index (χ0n) is 13.6. The first kappa shape index (κ1) is 16.3. The average molecular weight is 333 g/mol. The summed E-state index contributed by atoms with van der Waals surface area (Å²) in [6, 6.07) is 3.34. The molecule has 8 nitrogen and oxygen atoms in total. The zero-order valence-corrected chi connectivity index (χ0v) is 13.6. The third-order valence-electron chi connectivity index (χ3n) is 5.08. The number of methoxy groups -OCH3 is 1. The summed E-state index contributed by atoms with van der Waals surface area (Å²) in [5, 5.41) is 22.1. The molecule has 2 aromatic rings. The molecule has 0 saturated heterocycles. The maximum atomic E-state index is 12.6. The van der Waals surface area contributed by atoms with Crippen LogP contribution in [0.1, 0.15) is 30.8 Å². The van der Waals surface area contributed by atoms with E-state index >= 15 is 0 Å². The van der Waals surface area contributed by atoms with Crippen molar-refractivity contribution in [3.63, 3.8) is 0 Å². The van der Waals surface area contributed by atoms with Crippen LogP contribution in [-0.2, 0) is 4.79 Å². The second kappa shape index (κ2) is 5.20. The maximum Gasteiger partial charge on any atom is 0.330 e. The van der Waals surface area contributed by atoms with Gasteiger partial charge in [0.15, 0.2) is 0 Å². The molecule has 24 heavy (non-hydrogen) atoms. The summed E-state index contributed by atoms with van der Waals surface area (Å²) in [6.07, 6.45) is 2.18. The Hall–Kier alpha value is -2.61. The summed E-state index contributed by atoms with van der Waals surface area (Å²) in [5.74, 6) is -1.12. The number of nitrogens with zero attached hydrogens (tertiary/aromatic N) is 2. The summed E-state index contributed by atoms with van der Waals surface area (Å²) >= 11 is 0. The molecule has 1 aliphatic rings. The van der Waals surface area contributed by atoms with Gasteiger partial charge in [0.25, 0.3) is 5.91 Å². The van der Waals surface area contributed by atoms with Crippen LogP contribution in [-0.4, -0.2) is 50.2 Å². The van der Waals surface area contributed by atoms with Crippen molar-refractivity contribution < 1.29 is 24.5 Å². The number of aliphatic hydroxyl groups excluding tert-OH is 1. The highest BCUT2D eigenvalue weighted by molar-refractivity contribution is 5.98. The van der Waals surface area contributed by atoms with Crippen molar-refractivity contribution >= 4 is 17.5 Å². The summed E-state index contributed by atoms with van der Waals surface area (Å²) in [6.45, 7) is 3.24. The molecule has 0 bridgehead atoms. The maximum absolute atomic E-state index is 12.6. The number of nitrogens with one attached hydrogen (secondary N) is 1. The number of aliphatic hydroxyl groups is 1. The predicted octanol–water partition coefficient (Wildman–Crippen LogP) is 0.687. The van der Waals surface area contributed by atoms with Gasteiger partial charge in [0, 0.05) is 24.1 Å². The molecule has 0 aromatic carbocycles. The van der Waals surface area contributed by atoms with Gasteiger partial charge < -0.3 is 20.3 Å². The fourth-order valence-corrected chi connectivity index (χ4v) is 3.10. The highest BCUT2D eigenvalue weighted by atomic mass is 16.5. The molecule has 1 fully saturated rings. The van der Waals surface area contributed by atoms with Crippen molar-refractivity contribution in [1.29, 1.82) is 0 Å².